The summed E-state index contributed by atoms with van der Waals surface area (Å²) in [6.45, 7) is 4.88. The standard InChI is InChI=1S/C30H42N4O4/c35-27(34-15-6-7-16-34)22-33-17-11-25-24(21-33)10-4-5-12-30(13-18-38-19-14-30)29(37)32-26(28(36)31-25)20-23-8-2-1-3-9-23/h1-5,8-9,24-26H,6-7,10-22H2,(H,31,36)(H,32,37)/b5-4+/t24-,25+,26+/m1/s1. The van der Waals surface area contributed by atoms with Crippen molar-refractivity contribution in [2.75, 3.05) is 45.9 Å². The normalized spacial score (nSPS) is 29.5. The van der Waals surface area contributed by atoms with Crippen molar-refractivity contribution in [3.8, 4) is 0 Å². The van der Waals surface area contributed by atoms with Crippen LogP contribution < -0.4 is 10.6 Å². The summed E-state index contributed by atoms with van der Waals surface area (Å²) in [5.74, 6) is 0.272. The van der Waals surface area contributed by atoms with Gasteiger partial charge in [-0.1, -0.05) is 42.5 Å². The number of hydrogen-bond acceptors (Lipinski definition) is 5. The highest BCUT2D eigenvalue weighted by molar-refractivity contribution is 5.90. The largest absolute Gasteiger partial charge is 0.381 e. The van der Waals surface area contributed by atoms with Gasteiger partial charge in [-0.25, -0.2) is 0 Å². The third-order valence-electron chi connectivity index (χ3n) is 8.91. The van der Waals surface area contributed by atoms with Gasteiger partial charge in [-0.3, -0.25) is 19.3 Å². The van der Waals surface area contributed by atoms with Crippen LogP contribution >= 0.6 is 0 Å². The number of nitrogens with zero attached hydrogens (tertiary/aromatic N) is 2. The predicted molar refractivity (Wildman–Crippen MR) is 145 cm³/mol. The van der Waals surface area contributed by atoms with Crippen molar-refractivity contribution in [3.63, 3.8) is 0 Å². The summed E-state index contributed by atoms with van der Waals surface area (Å²) >= 11 is 0. The molecule has 1 aromatic rings. The van der Waals surface area contributed by atoms with Gasteiger partial charge >= 0.3 is 0 Å². The maximum absolute atomic E-state index is 13.7. The molecule has 3 atom stereocenters. The zero-order valence-electron chi connectivity index (χ0n) is 22.4. The fourth-order valence-electron chi connectivity index (χ4n) is 6.46. The smallest absolute Gasteiger partial charge is 0.243 e. The number of benzene rings is 1. The van der Waals surface area contributed by atoms with Crippen LogP contribution in [0.4, 0.5) is 0 Å². The molecule has 4 aliphatic heterocycles. The summed E-state index contributed by atoms with van der Waals surface area (Å²) in [4.78, 5) is 44.4. The summed E-state index contributed by atoms with van der Waals surface area (Å²) in [5, 5.41) is 6.47. The summed E-state index contributed by atoms with van der Waals surface area (Å²) in [6, 6.07) is 9.26. The Balaban J connectivity index is 1.34. The highest BCUT2D eigenvalue weighted by atomic mass is 16.5. The number of allylic oxidation sites excluding steroid dienone is 2. The van der Waals surface area contributed by atoms with Gasteiger partial charge in [0.25, 0.3) is 0 Å². The van der Waals surface area contributed by atoms with E-state index in [0.717, 1.165) is 57.4 Å². The van der Waals surface area contributed by atoms with Crippen LogP contribution in [0.2, 0.25) is 0 Å². The summed E-state index contributed by atoms with van der Waals surface area (Å²) in [6.07, 6.45) is 10.6. The maximum Gasteiger partial charge on any atom is 0.243 e. The lowest BCUT2D eigenvalue weighted by Crippen LogP contribution is -2.58. The average Bonchev–Trinajstić information content (AvgIpc) is 3.48. The lowest BCUT2D eigenvalue weighted by Gasteiger charge is -2.40. The molecule has 3 amide bonds. The monoisotopic (exact) mass is 522 g/mol. The molecule has 4 aliphatic rings. The van der Waals surface area contributed by atoms with Crippen LogP contribution in [0.5, 0.6) is 0 Å². The number of carbonyl (C=O) groups excluding carboxylic acids is 3. The third-order valence-corrected chi connectivity index (χ3v) is 8.91. The van der Waals surface area contributed by atoms with E-state index in [-0.39, 0.29) is 29.7 Å². The summed E-state index contributed by atoms with van der Waals surface area (Å²) in [7, 11) is 0. The van der Waals surface area contributed by atoms with E-state index in [0.29, 0.717) is 45.4 Å². The Morgan fingerprint density at radius 3 is 2.53 bits per heavy atom. The topological polar surface area (TPSA) is 91.0 Å². The SMILES string of the molecule is O=C1N[C@H]2CCN(CC(=O)N3CCCC3)C[C@H]2C/C=C/CC2(CCOCC2)C(=O)N[C@H]1Cc1ccccc1. The molecule has 0 aromatic heterocycles. The van der Waals surface area contributed by atoms with E-state index >= 15 is 0 Å². The highest BCUT2D eigenvalue weighted by Crippen LogP contribution is 2.36. The molecule has 8 nitrogen and oxygen atoms in total. The van der Waals surface area contributed by atoms with Crippen molar-refractivity contribution in [3.05, 3.63) is 48.0 Å². The fourth-order valence-corrected chi connectivity index (χ4v) is 6.46. The molecule has 4 heterocycles. The van der Waals surface area contributed by atoms with Crippen molar-refractivity contribution < 1.29 is 19.1 Å². The molecule has 5 rings (SSSR count). The number of carbonyl (C=O) groups is 3. The van der Waals surface area contributed by atoms with Crippen molar-refractivity contribution in [1.29, 1.82) is 0 Å². The number of rotatable bonds is 4. The predicted octanol–water partition coefficient (Wildman–Crippen LogP) is 2.29. The van der Waals surface area contributed by atoms with Gasteiger partial charge in [0.2, 0.25) is 17.7 Å². The van der Waals surface area contributed by atoms with Crippen LogP contribution in [0.3, 0.4) is 0 Å². The molecule has 0 aliphatic carbocycles. The number of hydrogen-bond donors (Lipinski definition) is 2. The second-order valence-electron chi connectivity index (χ2n) is 11.5. The lowest BCUT2D eigenvalue weighted by atomic mass is 9.75. The van der Waals surface area contributed by atoms with E-state index in [9.17, 15) is 14.4 Å². The number of nitrogens with one attached hydrogen (secondary N) is 2. The highest BCUT2D eigenvalue weighted by Gasteiger charge is 2.41. The van der Waals surface area contributed by atoms with Gasteiger partial charge in [0, 0.05) is 51.9 Å². The fraction of sp³-hybridized carbons (Fsp3) is 0.633. The van der Waals surface area contributed by atoms with E-state index < -0.39 is 11.5 Å². The Morgan fingerprint density at radius 2 is 1.76 bits per heavy atom. The second-order valence-corrected chi connectivity index (χ2v) is 11.5. The molecule has 0 bridgehead atoms. The Hall–Kier alpha value is -2.71. The first-order valence-corrected chi connectivity index (χ1v) is 14.4. The van der Waals surface area contributed by atoms with Gasteiger partial charge < -0.3 is 20.3 Å². The van der Waals surface area contributed by atoms with Crippen LogP contribution in [-0.2, 0) is 25.5 Å². The molecule has 3 saturated heterocycles. The minimum absolute atomic E-state index is 0.0110. The third kappa shape index (κ3) is 6.46. The van der Waals surface area contributed by atoms with Crippen LogP contribution in [0.15, 0.2) is 42.5 Å². The van der Waals surface area contributed by atoms with Crippen molar-refractivity contribution in [2.24, 2.45) is 11.3 Å². The summed E-state index contributed by atoms with van der Waals surface area (Å²) in [5.41, 5.74) is 0.469. The van der Waals surface area contributed by atoms with E-state index in [2.05, 4.69) is 27.7 Å². The molecule has 3 fully saturated rings. The van der Waals surface area contributed by atoms with E-state index in [1.807, 2.05) is 35.2 Å². The second kappa shape index (κ2) is 12.4. The average molecular weight is 523 g/mol. The van der Waals surface area contributed by atoms with Crippen LogP contribution in [0.1, 0.15) is 50.5 Å². The number of fused-ring (bicyclic) bond motifs is 1. The van der Waals surface area contributed by atoms with Crippen LogP contribution in [0, 0.1) is 11.3 Å². The first-order chi connectivity index (χ1) is 18.5. The zero-order valence-corrected chi connectivity index (χ0v) is 22.4. The Bertz CT molecular complexity index is 1000. The molecule has 1 spiro atoms. The van der Waals surface area contributed by atoms with Gasteiger partial charge in [0.1, 0.15) is 6.04 Å². The van der Waals surface area contributed by atoms with E-state index in [1.165, 1.54) is 0 Å². The molecule has 0 unspecified atom stereocenters. The molecule has 0 radical (unpaired) electrons. The Kier molecular flexibility index (Phi) is 8.79. The summed E-state index contributed by atoms with van der Waals surface area (Å²) < 4.78 is 5.59. The van der Waals surface area contributed by atoms with Gasteiger partial charge in [0.05, 0.1) is 12.0 Å². The van der Waals surface area contributed by atoms with Crippen molar-refractivity contribution in [1.82, 2.24) is 20.4 Å². The number of ether oxygens (including phenoxy) is 1. The Labute approximate surface area is 226 Å². The van der Waals surface area contributed by atoms with Gasteiger partial charge in [0.15, 0.2) is 0 Å². The van der Waals surface area contributed by atoms with Crippen molar-refractivity contribution in [2.45, 2.75) is 63.5 Å². The minimum Gasteiger partial charge on any atom is -0.381 e. The first kappa shape index (κ1) is 26.9. The van der Waals surface area contributed by atoms with Gasteiger partial charge in [-0.15, -0.1) is 0 Å². The molecule has 206 valence electrons. The van der Waals surface area contributed by atoms with Gasteiger partial charge in [-0.05, 0) is 56.4 Å². The first-order valence-electron chi connectivity index (χ1n) is 14.4. The van der Waals surface area contributed by atoms with Crippen molar-refractivity contribution >= 4 is 17.7 Å². The number of amides is 3. The molecule has 38 heavy (non-hydrogen) atoms. The molecule has 8 heteroatoms. The minimum atomic E-state index is -0.636. The number of likely N-dealkylation sites (tertiary alicyclic amines) is 2. The number of piperidine rings is 1. The Morgan fingerprint density at radius 1 is 1.00 bits per heavy atom. The van der Waals surface area contributed by atoms with Crippen LogP contribution in [0.25, 0.3) is 0 Å². The lowest BCUT2D eigenvalue weighted by molar-refractivity contribution is -0.140. The molecule has 1 aromatic carbocycles. The van der Waals surface area contributed by atoms with E-state index in [1.54, 1.807) is 0 Å². The zero-order chi connectivity index (χ0) is 26.4. The quantitative estimate of drug-likeness (QED) is 0.593. The molecular formula is C30H42N4O4. The van der Waals surface area contributed by atoms with E-state index in [4.69, 9.17) is 4.74 Å². The molecule has 2 N–H and O–H groups in total. The molecular weight excluding hydrogens is 480 g/mol. The van der Waals surface area contributed by atoms with Crippen LogP contribution in [-0.4, -0.2) is 85.5 Å². The molecule has 0 saturated carbocycles. The maximum atomic E-state index is 13.7. The van der Waals surface area contributed by atoms with Gasteiger partial charge in [-0.2, -0.15) is 0 Å².